The third kappa shape index (κ3) is 7.90. The average molecular weight is 757 g/mol. The zero-order chi connectivity index (χ0) is 36.8. The number of likely N-dealkylation sites (N-methyl/N-ethyl adjacent to an activating group) is 1. The highest BCUT2D eigenvalue weighted by Crippen LogP contribution is 2.48. The van der Waals surface area contributed by atoms with Gasteiger partial charge in [0.05, 0.1) is 24.9 Å². The molecule has 0 unspecified atom stereocenters. The summed E-state index contributed by atoms with van der Waals surface area (Å²) < 4.78 is 44.3. The van der Waals surface area contributed by atoms with E-state index in [1.807, 2.05) is 12.1 Å². The quantitative estimate of drug-likeness (QED) is 0.282. The molecule has 2 bridgehead atoms. The van der Waals surface area contributed by atoms with Gasteiger partial charge in [-0.25, -0.2) is 4.72 Å². The van der Waals surface area contributed by atoms with Gasteiger partial charge in [0.25, 0.3) is 5.91 Å². The predicted molar refractivity (Wildman–Crippen MR) is 204 cm³/mol. The maximum atomic E-state index is 13.7. The molecule has 2 aromatic rings. The minimum atomic E-state index is -4.37. The number of rotatable bonds is 4. The summed E-state index contributed by atoms with van der Waals surface area (Å²) in [5.41, 5.74) is 3.19. The summed E-state index contributed by atoms with van der Waals surface area (Å²) in [7, 11) is -5.10. The zero-order valence-corrected chi connectivity index (χ0v) is 33.3. The third-order valence-corrected chi connectivity index (χ3v) is 18.1. The Labute approximate surface area is 309 Å². The van der Waals surface area contributed by atoms with Gasteiger partial charge in [0.1, 0.15) is 5.75 Å². The van der Waals surface area contributed by atoms with Crippen LogP contribution in [0.5, 0.6) is 5.75 Å². The molecule has 51 heavy (non-hydrogen) atoms. The Morgan fingerprint density at radius 3 is 2.67 bits per heavy atom. The lowest BCUT2D eigenvalue weighted by Crippen LogP contribution is -2.52. The number of aryl methyl sites for hydroxylation is 1. The maximum absolute atomic E-state index is 13.7. The van der Waals surface area contributed by atoms with Crippen LogP contribution in [0.25, 0.3) is 0 Å². The molecule has 1 saturated carbocycles. The Bertz CT molecular complexity index is 1800. The number of hydrogen-bond donors (Lipinski definition) is 2. The summed E-state index contributed by atoms with van der Waals surface area (Å²) in [6.07, 6.45) is 9.32. The van der Waals surface area contributed by atoms with Gasteiger partial charge in [-0.1, -0.05) is 50.6 Å². The Kier molecular flexibility index (Phi) is 10.8. The van der Waals surface area contributed by atoms with Gasteiger partial charge in [-0.05, 0) is 110 Å². The van der Waals surface area contributed by atoms with Crippen LogP contribution in [0.3, 0.4) is 0 Å². The largest absolute Gasteiger partial charge is 0.490 e. The van der Waals surface area contributed by atoms with Crippen molar-refractivity contribution < 1.29 is 27.2 Å². The Morgan fingerprint density at radius 2 is 1.96 bits per heavy atom. The Hall–Kier alpha value is -2.90. The summed E-state index contributed by atoms with van der Waals surface area (Å²) in [4.78, 5) is 28.5. The molecule has 6 rings (SSSR count). The topological polar surface area (TPSA) is 117 Å². The van der Waals surface area contributed by atoms with E-state index in [0.717, 1.165) is 53.7 Å². The van der Waals surface area contributed by atoms with Gasteiger partial charge >= 0.3 is 10.2 Å². The number of halogens is 1. The number of anilines is 1. The maximum Gasteiger partial charge on any atom is 0.304 e. The molecule has 278 valence electrons. The lowest BCUT2D eigenvalue weighted by atomic mass is 9.68. The SMILES string of the molecule is CNC(=O)CN1CC/C=C\[C@H](O[Si](C)(C)C(C)(C)C)[C@@H]2CC[C@H]2CN2C[C@@]3(CCCc4cc(Cl)ccc43)COc3ccc(cc32)C(=O)NS1(=O)=O. The van der Waals surface area contributed by atoms with Crippen molar-refractivity contribution >= 4 is 47.6 Å². The first-order chi connectivity index (χ1) is 24.0. The van der Waals surface area contributed by atoms with E-state index in [-0.39, 0.29) is 34.6 Å². The van der Waals surface area contributed by atoms with Crippen molar-refractivity contribution in [1.82, 2.24) is 14.3 Å². The second kappa shape index (κ2) is 14.5. The van der Waals surface area contributed by atoms with Crippen LogP contribution < -0.4 is 19.7 Å². The molecule has 1 fully saturated rings. The minimum absolute atomic E-state index is 0.00700. The van der Waals surface area contributed by atoms with Crippen molar-refractivity contribution in [1.29, 1.82) is 0 Å². The highest BCUT2D eigenvalue weighted by Gasteiger charge is 2.47. The van der Waals surface area contributed by atoms with E-state index in [0.29, 0.717) is 31.2 Å². The number of carbonyl (C=O) groups excluding carboxylic acids is 2. The monoisotopic (exact) mass is 756 g/mol. The first kappa shape index (κ1) is 37.8. The van der Waals surface area contributed by atoms with Gasteiger partial charge in [-0.15, -0.1) is 0 Å². The van der Waals surface area contributed by atoms with E-state index in [1.54, 1.807) is 18.2 Å². The smallest absolute Gasteiger partial charge is 0.304 e. The summed E-state index contributed by atoms with van der Waals surface area (Å²) in [5, 5.41) is 3.23. The first-order valence-corrected chi connectivity index (χ1v) is 22.9. The molecule has 13 heteroatoms. The first-order valence-electron chi connectivity index (χ1n) is 18.2. The van der Waals surface area contributed by atoms with E-state index < -0.39 is 36.9 Å². The van der Waals surface area contributed by atoms with Crippen LogP contribution in [0.4, 0.5) is 5.69 Å². The predicted octanol–water partition coefficient (Wildman–Crippen LogP) is 6.21. The summed E-state index contributed by atoms with van der Waals surface area (Å²) in [5.74, 6) is 0.0292. The fourth-order valence-electron chi connectivity index (χ4n) is 7.79. The average Bonchev–Trinajstić information content (AvgIpc) is 3.19. The molecule has 2 N–H and O–H groups in total. The molecule has 0 radical (unpaired) electrons. The van der Waals surface area contributed by atoms with Crippen molar-refractivity contribution in [3.8, 4) is 5.75 Å². The lowest BCUT2D eigenvalue weighted by molar-refractivity contribution is -0.120. The van der Waals surface area contributed by atoms with Crippen molar-refractivity contribution in [2.24, 2.45) is 11.8 Å². The molecule has 10 nitrogen and oxygen atoms in total. The number of hydrogen-bond acceptors (Lipinski definition) is 7. The van der Waals surface area contributed by atoms with E-state index >= 15 is 0 Å². The van der Waals surface area contributed by atoms with Crippen LogP contribution in [-0.2, 0) is 31.3 Å². The van der Waals surface area contributed by atoms with E-state index in [1.165, 1.54) is 18.2 Å². The van der Waals surface area contributed by atoms with Crippen molar-refractivity contribution in [2.45, 2.75) is 88.9 Å². The Balaban J connectivity index is 1.43. The number of benzene rings is 2. The van der Waals surface area contributed by atoms with E-state index in [9.17, 15) is 18.0 Å². The van der Waals surface area contributed by atoms with Crippen LogP contribution in [0.1, 0.15) is 74.4 Å². The standard InChI is InChI=1S/C38H53ClN4O6SSi/c1-37(2,3)51(5,6)49-33-11-7-8-19-43(23-35(44)40-4)50(46,47)41-36(45)27-13-17-34-32(21-27)42(22-28-12-15-30(28)33)24-38(25-48-34)18-9-10-26-20-29(39)14-16-31(26)38/h7,11,13-14,16-17,20-21,28,30,33H,8-10,12,15,18-19,22-25H2,1-6H3,(H,40,44)(H,41,45)/b11-7-/t28-,30+,33-,38-/m0/s1. The van der Waals surface area contributed by atoms with Gasteiger partial charge in [0.15, 0.2) is 8.32 Å². The van der Waals surface area contributed by atoms with Gasteiger partial charge in [0, 0.05) is 42.7 Å². The highest BCUT2D eigenvalue weighted by molar-refractivity contribution is 7.87. The van der Waals surface area contributed by atoms with Crippen LogP contribution in [0.2, 0.25) is 23.2 Å². The van der Waals surface area contributed by atoms with Gasteiger partial charge in [-0.3, -0.25) is 9.59 Å². The van der Waals surface area contributed by atoms with E-state index in [2.05, 4.69) is 67.0 Å². The normalized spacial score (nSPS) is 27.5. The molecule has 2 aliphatic carbocycles. The molecule has 4 atom stereocenters. The lowest BCUT2D eigenvalue weighted by Gasteiger charge is -2.48. The molecule has 2 aliphatic heterocycles. The molecular weight excluding hydrogens is 704 g/mol. The molecule has 0 aromatic heterocycles. The van der Waals surface area contributed by atoms with Gasteiger partial charge in [0.2, 0.25) is 5.91 Å². The van der Waals surface area contributed by atoms with Crippen LogP contribution >= 0.6 is 11.6 Å². The minimum Gasteiger partial charge on any atom is -0.490 e. The summed E-state index contributed by atoms with van der Waals surface area (Å²) >= 11 is 6.47. The second-order valence-electron chi connectivity index (χ2n) is 16.3. The third-order valence-electron chi connectivity index (χ3n) is 11.9. The van der Waals surface area contributed by atoms with E-state index in [4.69, 9.17) is 20.8 Å². The fraction of sp³-hybridized carbons (Fsp3) is 0.579. The van der Waals surface area contributed by atoms with Crippen molar-refractivity contribution in [2.75, 3.05) is 44.7 Å². The number of nitrogens with zero attached hydrogens (tertiary/aromatic N) is 2. The molecular formula is C38H53ClN4O6SSi. The number of nitrogens with one attached hydrogen (secondary N) is 2. The van der Waals surface area contributed by atoms with Gasteiger partial charge < -0.3 is 19.4 Å². The molecule has 2 amide bonds. The van der Waals surface area contributed by atoms with Gasteiger partial charge in [-0.2, -0.15) is 12.7 Å². The summed E-state index contributed by atoms with van der Waals surface area (Å²) in [6.45, 7) is 12.8. The van der Waals surface area contributed by atoms with Crippen LogP contribution in [0, 0.1) is 11.8 Å². The Morgan fingerprint density at radius 1 is 1.18 bits per heavy atom. The molecule has 1 spiro atoms. The fourth-order valence-corrected chi connectivity index (χ4v) is 10.4. The van der Waals surface area contributed by atoms with Crippen LogP contribution in [-0.4, -0.2) is 78.8 Å². The zero-order valence-electron chi connectivity index (χ0n) is 30.8. The molecule has 2 aromatic carbocycles. The van der Waals surface area contributed by atoms with Crippen molar-refractivity contribution in [3.63, 3.8) is 0 Å². The number of carbonyl (C=O) groups is 2. The number of amides is 2. The number of ether oxygens (including phenoxy) is 1. The molecule has 0 saturated heterocycles. The highest BCUT2D eigenvalue weighted by atomic mass is 35.5. The second-order valence-corrected chi connectivity index (χ2v) is 23.2. The molecule has 2 heterocycles. The molecule has 4 aliphatic rings. The van der Waals surface area contributed by atoms with Crippen LogP contribution in [0.15, 0.2) is 48.6 Å². The summed E-state index contributed by atoms with van der Waals surface area (Å²) in [6, 6.07) is 11.4. The number of fused-ring (bicyclic) bond motifs is 4. The van der Waals surface area contributed by atoms with Crippen molar-refractivity contribution in [3.05, 3.63) is 70.3 Å².